The van der Waals surface area contributed by atoms with E-state index in [2.05, 4.69) is 27.5 Å². The van der Waals surface area contributed by atoms with E-state index in [1.165, 1.54) is 12.8 Å². The third kappa shape index (κ3) is 5.20. The lowest BCUT2D eigenvalue weighted by atomic mass is 9.93. The van der Waals surface area contributed by atoms with E-state index in [4.69, 9.17) is 0 Å². The molecule has 3 fully saturated rings. The molecule has 4 rings (SSSR count). The summed E-state index contributed by atoms with van der Waals surface area (Å²) in [6.07, 6.45) is 11.1. The standard InChI is InChI=1S/C22H36N6O2/c1-2-26-12-9-17(10-13-26)14-21(29)28-11-5-8-19(28)15-27-16-20(24-25-27)22(30)23-18-6-3-4-7-18/h16-19H,2-15H2,1H3,(H,23,30)/t19-/m0/s1. The van der Waals surface area contributed by atoms with Crippen molar-refractivity contribution in [2.45, 2.75) is 83.3 Å². The maximum Gasteiger partial charge on any atom is 0.273 e. The summed E-state index contributed by atoms with van der Waals surface area (Å²) in [5.41, 5.74) is 0.375. The van der Waals surface area contributed by atoms with Crippen molar-refractivity contribution in [3.8, 4) is 0 Å². The lowest BCUT2D eigenvalue weighted by molar-refractivity contribution is -0.133. The fourth-order valence-electron chi connectivity index (χ4n) is 5.26. The predicted molar refractivity (Wildman–Crippen MR) is 114 cm³/mol. The topological polar surface area (TPSA) is 83.4 Å². The molecule has 0 radical (unpaired) electrons. The van der Waals surface area contributed by atoms with Crippen LogP contribution in [0.2, 0.25) is 0 Å². The average Bonchev–Trinajstić information content (AvgIpc) is 3.51. The Bertz CT molecular complexity index is 721. The van der Waals surface area contributed by atoms with Gasteiger partial charge in [-0.05, 0) is 64.1 Å². The van der Waals surface area contributed by atoms with Crippen LogP contribution in [0.15, 0.2) is 6.20 Å². The smallest absolute Gasteiger partial charge is 0.273 e. The number of hydrogen-bond donors (Lipinski definition) is 1. The summed E-state index contributed by atoms with van der Waals surface area (Å²) in [5, 5.41) is 11.3. The van der Waals surface area contributed by atoms with Crippen LogP contribution in [0.5, 0.6) is 0 Å². The Balaban J connectivity index is 1.28. The van der Waals surface area contributed by atoms with E-state index in [1.54, 1.807) is 10.9 Å². The first-order valence-electron chi connectivity index (χ1n) is 11.8. The number of carbonyl (C=O) groups is 2. The van der Waals surface area contributed by atoms with Crippen LogP contribution in [0, 0.1) is 5.92 Å². The summed E-state index contributed by atoms with van der Waals surface area (Å²) < 4.78 is 1.74. The molecule has 3 heterocycles. The van der Waals surface area contributed by atoms with Crippen molar-refractivity contribution in [2.24, 2.45) is 5.92 Å². The normalized spacial score (nSPS) is 23.9. The molecule has 166 valence electrons. The summed E-state index contributed by atoms with van der Waals surface area (Å²) in [7, 11) is 0. The molecule has 0 spiro atoms. The Hall–Kier alpha value is -1.96. The Morgan fingerprint density at radius 2 is 1.83 bits per heavy atom. The summed E-state index contributed by atoms with van der Waals surface area (Å²) in [6, 6.07) is 0.426. The quantitative estimate of drug-likeness (QED) is 0.736. The van der Waals surface area contributed by atoms with Gasteiger partial charge in [0, 0.05) is 19.0 Å². The molecular formula is C22H36N6O2. The molecule has 0 bridgehead atoms. The second-order valence-electron chi connectivity index (χ2n) is 9.25. The van der Waals surface area contributed by atoms with E-state index in [-0.39, 0.29) is 23.9 Å². The first kappa shape index (κ1) is 21.3. The van der Waals surface area contributed by atoms with E-state index in [1.807, 2.05) is 4.90 Å². The Labute approximate surface area is 179 Å². The van der Waals surface area contributed by atoms with Gasteiger partial charge in [0.25, 0.3) is 5.91 Å². The lowest BCUT2D eigenvalue weighted by Gasteiger charge is -2.32. The highest BCUT2D eigenvalue weighted by molar-refractivity contribution is 5.92. The van der Waals surface area contributed by atoms with Gasteiger partial charge in [-0.1, -0.05) is 25.0 Å². The summed E-state index contributed by atoms with van der Waals surface area (Å²) in [5.74, 6) is 0.663. The number of nitrogens with zero attached hydrogens (tertiary/aromatic N) is 5. The minimum absolute atomic E-state index is 0.133. The molecule has 0 unspecified atom stereocenters. The summed E-state index contributed by atoms with van der Waals surface area (Å²) in [6.45, 7) is 6.98. The van der Waals surface area contributed by atoms with Gasteiger partial charge in [-0.15, -0.1) is 5.10 Å². The van der Waals surface area contributed by atoms with Gasteiger partial charge in [0.15, 0.2) is 5.69 Å². The molecule has 0 aromatic carbocycles. The van der Waals surface area contributed by atoms with Crippen molar-refractivity contribution in [1.29, 1.82) is 0 Å². The summed E-state index contributed by atoms with van der Waals surface area (Å²) >= 11 is 0. The zero-order chi connectivity index (χ0) is 20.9. The van der Waals surface area contributed by atoms with Crippen molar-refractivity contribution in [3.05, 3.63) is 11.9 Å². The van der Waals surface area contributed by atoms with Crippen LogP contribution in [0.3, 0.4) is 0 Å². The minimum atomic E-state index is -0.133. The second kappa shape index (κ2) is 9.90. The van der Waals surface area contributed by atoms with Crippen molar-refractivity contribution < 1.29 is 9.59 Å². The van der Waals surface area contributed by atoms with Gasteiger partial charge >= 0.3 is 0 Å². The van der Waals surface area contributed by atoms with Crippen LogP contribution in [0.1, 0.15) is 75.2 Å². The molecule has 1 saturated carbocycles. The Morgan fingerprint density at radius 1 is 1.07 bits per heavy atom. The molecule has 3 aliphatic rings. The molecule has 1 N–H and O–H groups in total. The van der Waals surface area contributed by atoms with Gasteiger partial charge in [0.05, 0.1) is 18.8 Å². The van der Waals surface area contributed by atoms with E-state index in [9.17, 15) is 9.59 Å². The van der Waals surface area contributed by atoms with Crippen LogP contribution < -0.4 is 5.32 Å². The lowest BCUT2D eigenvalue weighted by Crippen LogP contribution is -2.40. The first-order chi connectivity index (χ1) is 14.6. The van der Waals surface area contributed by atoms with Crippen LogP contribution >= 0.6 is 0 Å². The molecule has 1 aromatic heterocycles. The van der Waals surface area contributed by atoms with E-state index < -0.39 is 0 Å². The number of likely N-dealkylation sites (tertiary alicyclic amines) is 2. The fourth-order valence-corrected chi connectivity index (χ4v) is 5.26. The molecule has 8 nitrogen and oxygen atoms in total. The van der Waals surface area contributed by atoms with Gasteiger partial charge in [-0.25, -0.2) is 4.68 Å². The third-order valence-corrected chi connectivity index (χ3v) is 7.17. The summed E-state index contributed by atoms with van der Waals surface area (Å²) in [4.78, 5) is 29.9. The van der Waals surface area contributed by atoms with Crippen LogP contribution in [0.4, 0.5) is 0 Å². The van der Waals surface area contributed by atoms with Crippen molar-refractivity contribution in [3.63, 3.8) is 0 Å². The van der Waals surface area contributed by atoms with Crippen molar-refractivity contribution in [1.82, 2.24) is 30.1 Å². The number of amides is 2. The molecular weight excluding hydrogens is 380 g/mol. The first-order valence-corrected chi connectivity index (χ1v) is 11.8. The predicted octanol–water partition coefficient (Wildman–Crippen LogP) is 2.06. The van der Waals surface area contributed by atoms with E-state index in [0.717, 1.165) is 64.7 Å². The zero-order valence-corrected chi connectivity index (χ0v) is 18.3. The third-order valence-electron chi connectivity index (χ3n) is 7.17. The van der Waals surface area contributed by atoms with Crippen molar-refractivity contribution >= 4 is 11.8 Å². The van der Waals surface area contributed by atoms with Gasteiger partial charge < -0.3 is 15.1 Å². The number of aromatic nitrogens is 3. The minimum Gasteiger partial charge on any atom is -0.348 e. The average molecular weight is 417 g/mol. The van der Waals surface area contributed by atoms with Crippen LogP contribution in [-0.2, 0) is 11.3 Å². The molecule has 1 aliphatic carbocycles. The fraction of sp³-hybridized carbons (Fsp3) is 0.818. The van der Waals surface area contributed by atoms with Gasteiger partial charge in [-0.3, -0.25) is 9.59 Å². The monoisotopic (exact) mass is 416 g/mol. The molecule has 30 heavy (non-hydrogen) atoms. The maximum atomic E-state index is 13.0. The van der Waals surface area contributed by atoms with Gasteiger partial charge in [0.1, 0.15) is 0 Å². The Kier molecular flexibility index (Phi) is 7.02. The van der Waals surface area contributed by atoms with Crippen molar-refractivity contribution in [2.75, 3.05) is 26.2 Å². The molecule has 2 saturated heterocycles. The van der Waals surface area contributed by atoms with Crippen LogP contribution in [-0.4, -0.2) is 74.9 Å². The molecule has 1 aromatic rings. The molecule has 1 atom stereocenters. The SMILES string of the molecule is CCN1CCC(CC(=O)N2CCC[C@H]2Cn2cc(C(=O)NC3CCCC3)nn2)CC1. The maximum absolute atomic E-state index is 13.0. The number of piperidine rings is 1. The van der Waals surface area contributed by atoms with E-state index >= 15 is 0 Å². The second-order valence-corrected chi connectivity index (χ2v) is 9.25. The molecule has 8 heteroatoms. The van der Waals surface area contributed by atoms with Gasteiger partial charge in [-0.2, -0.15) is 0 Å². The molecule has 2 aliphatic heterocycles. The highest BCUT2D eigenvalue weighted by Gasteiger charge is 2.31. The Morgan fingerprint density at radius 3 is 2.57 bits per heavy atom. The number of nitrogens with one attached hydrogen (secondary N) is 1. The van der Waals surface area contributed by atoms with E-state index in [0.29, 0.717) is 24.6 Å². The largest absolute Gasteiger partial charge is 0.348 e. The number of rotatable bonds is 7. The van der Waals surface area contributed by atoms with Crippen LogP contribution in [0.25, 0.3) is 0 Å². The molecule has 2 amide bonds. The highest BCUT2D eigenvalue weighted by Crippen LogP contribution is 2.25. The van der Waals surface area contributed by atoms with Gasteiger partial charge in [0.2, 0.25) is 5.91 Å². The number of hydrogen-bond acceptors (Lipinski definition) is 5. The highest BCUT2D eigenvalue weighted by atomic mass is 16.2. The zero-order valence-electron chi connectivity index (χ0n) is 18.3. The number of carbonyl (C=O) groups excluding carboxylic acids is 2.